The van der Waals surface area contributed by atoms with Gasteiger partial charge in [0.25, 0.3) is 5.91 Å². The van der Waals surface area contributed by atoms with Crippen molar-refractivity contribution in [2.45, 2.75) is 32.6 Å². The van der Waals surface area contributed by atoms with Crippen molar-refractivity contribution in [2.24, 2.45) is 16.8 Å². The number of likely N-dealkylation sites (tertiary alicyclic amines) is 1. The molecular formula is C15H22N4O2. The number of amides is 1. The van der Waals surface area contributed by atoms with Crippen molar-refractivity contribution in [3.8, 4) is 0 Å². The minimum absolute atomic E-state index is 0.0120. The van der Waals surface area contributed by atoms with Gasteiger partial charge in [-0.2, -0.15) is 0 Å². The molecule has 1 aliphatic heterocycles. The second kappa shape index (κ2) is 7.06. The Kier molecular flexibility index (Phi) is 5.14. The minimum Gasteiger partial charge on any atom is -0.409 e. The maximum absolute atomic E-state index is 12.5. The van der Waals surface area contributed by atoms with Gasteiger partial charge in [-0.3, -0.25) is 9.78 Å². The Hall–Kier alpha value is -2.11. The van der Waals surface area contributed by atoms with Gasteiger partial charge in [0.05, 0.1) is 0 Å². The predicted octanol–water partition coefficient (Wildman–Crippen LogP) is 1.83. The van der Waals surface area contributed by atoms with Gasteiger partial charge in [-0.1, -0.05) is 18.5 Å². The van der Waals surface area contributed by atoms with Crippen molar-refractivity contribution in [3.05, 3.63) is 29.6 Å². The molecular weight excluding hydrogens is 268 g/mol. The summed E-state index contributed by atoms with van der Waals surface area (Å²) in [5.74, 6) is 0.665. The Bertz CT molecular complexity index is 513. The summed E-state index contributed by atoms with van der Waals surface area (Å²) in [4.78, 5) is 18.5. The largest absolute Gasteiger partial charge is 0.409 e. The maximum Gasteiger partial charge on any atom is 0.272 e. The second-order valence-corrected chi connectivity index (χ2v) is 5.41. The molecule has 6 heteroatoms. The third-order valence-electron chi connectivity index (χ3n) is 4.10. The number of hydrogen-bond donors (Lipinski definition) is 2. The molecule has 0 aromatic carbocycles. The Morgan fingerprint density at radius 1 is 1.48 bits per heavy atom. The zero-order chi connectivity index (χ0) is 15.2. The normalized spacial score (nSPS) is 20.1. The highest BCUT2D eigenvalue weighted by molar-refractivity contribution is 5.98. The number of hydrogen-bond acceptors (Lipinski definition) is 4. The molecule has 1 fully saturated rings. The van der Waals surface area contributed by atoms with Crippen LogP contribution in [0.15, 0.2) is 23.5 Å². The van der Waals surface area contributed by atoms with E-state index in [1.165, 1.54) is 19.0 Å². The van der Waals surface area contributed by atoms with Gasteiger partial charge in [0, 0.05) is 24.8 Å². The summed E-state index contributed by atoms with van der Waals surface area (Å²) in [6.07, 6.45) is 5.93. The maximum atomic E-state index is 12.5. The van der Waals surface area contributed by atoms with Crippen molar-refractivity contribution in [1.82, 2.24) is 9.88 Å². The van der Waals surface area contributed by atoms with Crippen LogP contribution >= 0.6 is 0 Å². The van der Waals surface area contributed by atoms with E-state index < -0.39 is 0 Å². The van der Waals surface area contributed by atoms with Crippen molar-refractivity contribution < 1.29 is 10.0 Å². The van der Waals surface area contributed by atoms with Gasteiger partial charge in [0.1, 0.15) is 5.69 Å². The summed E-state index contributed by atoms with van der Waals surface area (Å²) in [6, 6.07) is 3.26. The zero-order valence-corrected chi connectivity index (χ0v) is 12.3. The van der Waals surface area contributed by atoms with Crippen LogP contribution < -0.4 is 5.73 Å². The molecule has 6 nitrogen and oxygen atoms in total. The third kappa shape index (κ3) is 3.71. The van der Waals surface area contributed by atoms with Crippen molar-refractivity contribution in [1.29, 1.82) is 0 Å². The first-order valence-electron chi connectivity index (χ1n) is 7.39. The Morgan fingerprint density at radius 2 is 2.29 bits per heavy atom. The van der Waals surface area contributed by atoms with Crippen LogP contribution in [0.1, 0.15) is 48.7 Å². The number of pyridine rings is 1. The lowest BCUT2D eigenvalue weighted by atomic mass is 9.98. The third-order valence-corrected chi connectivity index (χ3v) is 4.10. The lowest BCUT2D eigenvalue weighted by Gasteiger charge is -2.20. The SMILES string of the molecule is CCC1CCCN(C(=O)c2ccc(C(N)=NO)cn2)CC1. The number of carbonyl (C=O) groups excluding carboxylic acids is 1. The number of nitrogens with two attached hydrogens (primary N) is 1. The fourth-order valence-electron chi connectivity index (χ4n) is 2.67. The Morgan fingerprint density at radius 3 is 2.90 bits per heavy atom. The smallest absolute Gasteiger partial charge is 0.272 e. The van der Waals surface area contributed by atoms with Gasteiger partial charge in [-0.25, -0.2) is 0 Å². The van der Waals surface area contributed by atoms with Crippen molar-refractivity contribution in [3.63, 3.8) is 0 Å². The molecule has 0 bridgehead atoms. The molecule has 1 atom stereocenters. The molecule has 21 heavy (non-hydrogen) atoms. The topological polar surface area (TPSA) is 91.8 Å². The number of nitrogens with zero attached hydrogens (tertiary/aromatic N) is 3. The van der Waals surface area contributed by atoms with E-state index in [0.717, 1.165) is 31.8 Å². The fraction of sp³-hybridized carbons (Fsp3) is 0.533. The molecule has 2 rings (SSSR count). The average molecular weight is 290 g/mol. The van der Waals surface area contributed by atoms with E-state index in [4.69, 9.17) is 10.9 Å². The first-order valence-corrected chi connectivity index (χ1v) is 7.39. The van der Waals surface area contributed by atoms with Crippen LogP contribution in [0.4, 0.5) is 0 Å². The van der Waals surface area contributed by atoms with Gasteiger partial charge in [0.15, 0.2) is 5.84 Å². The number of aromatic nitrogens is 1. The second-order valence-electron chi connectivity index (χ2n) is 5.41. The number of carbonyl (C=O) groups is 1. The highest BCUT2D eigenvalue weighted by atomic mass is 16.4. The van der Waals surface area contributed by atoms with Crippen LogP contribution in [0.2, 0.25) is 0 Å². The van der Waals surface area contributed by atoms with Gasteiger partial charge in [0.2, 0.25) is 0 Å². The predicted molar refractivity (Wildman–Crippen MR) is 80.3 cm³/mol. The van der Waals surface area contributed by atoms with Gasteiger partial charge >= 0.3 is 0 Å². The molecule has 0 saturated carbocycles. The van der Waals surface area contributed by atoms with Crippen molar-refractivity contribution in [2.75, 3.05) is 13.1 Å². The molecule has 114 valence electrons. The van der Waals surface area contributed by atoms with Crippen molar-refractivity contribution >= 4 is 11.7 Å². The highest BCUT2D eigenvalue weighted by Crippen LogP contribution is 2.21. The molecule has 1 aromatic heterocycles. The number of rotatable bonds is 3. The number of oxime groups is 1. The van der Waals surface area contributed by atoms with Crippen LogP contribution in [0.3, 0.4) is 0 Å². The Balaban J connectivity index is 2.06. The standard InChI is InChI=1S/C15H22N4O2/c1-2-11-4-3-8-19(9-7-11)15(20)13-6-5-12(10-17-13)14(16)18-21/h5-6,10-11,21H,2-4,7-9H2,1H3,(H2,16,18). The molecule has 2 heterocycles. The molecule has 3 N–H and O–H groups in total. The Labute approximate surface area is 124 Å². The summed E-state index contributed by atoms with van der Waals surface area (Å²) < 4.78 is 0. The zero-order valence-electron chi connectivity index (χ0n) is 12.3. The molecule has 1 aliphatic rings. The van der Waals surface area contributed by atoms with Gasteiger partial charge in [-0.15, -0.1) is 0 Å². The summed E-state index contributed by atoms with van der Waals surface area (Å²) >= 11 is 0. The lowest BCUT2D eigenvalue weighted by molar-refractivity contribution is 0.0754. The summed E-state index contributed by atoms with van der Waals surface area (Å²) in [5.41, 5.74) is 6.38. The molecule has 1 saturated heterocycles. The molecule has 0 radical (unpaired) electrons. The molecule has 1 aromatic rings. The fourth-order valence-corrected chi connectivity index (χ4v) is 2.67. The molecule has 1 amide bonds. The summed E-state index contributed by atoms with van der Waals surface area (Å²) in [7, 11) is 0. The van der Waals surface area contributed by atoms with Crippen LogP contribution in [0.5, 0.6) is 0 Å². The van der Waals surface area contributed by atoms with Crippen LogP contribution in [0, 0.1) is 5.92 Å². The van der Waals surface area contributed by atoms with E-state index in [0.29, 0.717) is 11.3 Å². The van der Waals surface area contributed by atoms with Crippen LogP contribution in [0.25, 0.3) is 0 Å². The van der Waals surface area contributed by atoms with E-state index >= 15 is 0 Å². The molecule has 1 unspecified atom stereocenters. The molecule has 0 spiro atoms. The van der Waals surface area contributed by atoms with Crippen LogP contribution in [-0.4, -0.2) is 39.9 Å². The lowest BCUT2D eigenvalue weighted by Crippen LogP contribution is -2.32. The van der Waals surface area contributed by atoms with E-state index in [9.17, 15) is 4.79 Å². The van der Waals surface area contributed by atoms with E-state index in [1.807, 2.05) is 4.90 Å². The average Bonchev–Trinajstić information content (AvgIpc) is 2.79. The quantitative estimate of drug-likeness (QED) is 0.384. The monoisotopic (exact) mass is 290 g/mol. The summed E-state index contributed by atoms with van der Waals surface area (Å²) in [6.45, 7) is 3.79. The van der Waals surface area contributed by atoms with Gasteiger partial charge < -0.3 is 15.8 Å². The van der Waals surface area contributed by atoms with E-state index in [-0.39, 0.29) is 11.7 Å². The number of amidine groups is 1. The van der Waals surface area contributed by atoms with Gasteiger partial charge in [-0.05, 0) is 37.3 Å². The molecule has 0 aliphatic carbocycles. The van der Waals surface area contributed by atoms with E-state index in [2.05, 4.69) is 17.1 Å². The summed E-state index contributed by atoms with van der Waals surface area (Å²) in [5, 5.41) is 11.5. The first kappa shape index (κ1) is 15.3. The first-order chi connectivity index (χ1) is 10.2. The van der Waals surface area contributed by atoms with E-state index in [1.54, 1.807) is 12.1 Å². The minimum atomic E-state index is -0.0437. The highest BCUT2D eigenvalue weighted by Gasteiger charge is 2.21. The van der Waals surface area contributed by atoms with Crippen LogP contribution in [-0.2, 0) is 0 Å².